The van der Waals surface area contributed by atoms with E-state index in [1.807, 2.05) is 104 Å². The van der Waals surface area contributed by atoms with Crippen LogP contribution in [0.3, 0.4) is 0 Å². The molecule has 0 radical (unpaired) electrons. The number of anilines is 3. The van der Waals surface area contributed by atoms with Crippen LogP contribution >= 0.6 is 0 Å². The lowest BCUT2D eigenvalue weighted by molar-refractivity contribution is 0.102. The number of benzene rings is 3. The van der Waals surface area contributed by atoms with E-state index in [0.717, 1.165) is 40.5 Å². The minimum atomic E-state index is -0.167. The highest BCUT2D eigenvalue weighted by atomic mass is 16.1. The van der Waals surface area contributed by atoms with E-state index in [2.05, 4.69) is 32.7 Å². The third kappa shape index (κ3) is 5.83. The van der Waals surface area contributed by atoms with Gasteiger partial charge in [0.1, 0.15) is 5.65 Å². The smallest absolute Gasteiger partial charge is 0.255 e. The van der Waals surface area contributed by atoms with Crippen molar-refractivity contribution in [3.8, 4) is 22.6 Å². The molecule has 0 saturated heterocycles. The van der Waals surface area contributed by atoms with E-state index in [1.165, 1.54) is 5.56 Å². The van der Waals surface area contributed by atoms with E-state index in [1.54, 1.807) is 18.3 Å². The minimum Gasteiger partial charge on any atom is -0.324 e. The first-order valence-corrected chi connectivity index (χ1v) is 13.3. The molecule has 0 unspecified atom stereocenters. The van der Waals surface area contributed by atoms with Crippen LogP contribution in [-0.4, -0.2) is 44.3 Å². The van der Waals surface area contributed by atoms with Crippen LogP contribution in [-0.2, 0) is 6.54 Å². The molecule has 3 heterocycles. The van der Waals surface area contributed by atoms with Gasteiger partial charge < -0.3 is 15.5 Å². The quantitative estimate of drug-likeness (QED) is 0.229. The van der Waals surface area contributed by atoms with Crippen molar-refractivity contribution >= 4 is 28.9 Å². The van der Waals surface area contributed by atoms with Crippen LogP contribution in [0.5, 0.6) is 0 Å². The maximum absolute atomic E-state index is 12.8. The maximum Gasteiger partial charge on any atom is 0.255 e. The van der Waals surface area contributed by atoms with E-state index in [-0.39, 0.29) is 5.91 Å². The molecule has 3 aromatic carbocycles. The minimum absolute atomic E-state index is 0.167. The zero-order valence-electron chi connectivity index (χ0n) is 22.8. The molecule has 0 spiro atoms. The number of nitrogens with one attached hydrogen (secondary N) is 2. The lowest BCUT2D eigenvalue weighted by Gasteiger charge is -2.12. The highest BCUT2D eigenvalue weighted by Crippen LogP contribution is 2.33. The molecule has 0 bridgehead atoms. The van der Waals surface area contributed by atoms with Crippen molar-refractivity contribution in [2.75, 3.05) is 24.7 Å². The fraction of sp³-hybridized carbons (Fsp3) is 0.0909. The van der Waals surface area contributed by atoms with Crippen LogP contribution < -0.4 is 10.6 Å². The third-order valence-electron chi connectivity index (χ3n) is 6.54. The summed E-state index contributed by atoms with van der Waals surface area (Å²) >= 11 is 0. The number of hydrogen-bond acceptors (Lipinski definition) is 6. The van der Waals surface area contributed by atoms with Crippen molar-refractivity contribution in [3.63, 3.8) is 0 Å². The molecule has 0 aliphatic rings. The summed E-state index contributed by atoms with van der Waals surface area (Å²) in [6.07, 6.45) is 3.72. The van der Waals surface area contributed by atoms with Gasteiger partial charge in [-0.2, -0.15) is 0 Å². The predicted octanol–water partition coefficient (Wildman–Crippen LogP) is 6.52. The molecule has 3 aromatic heterocycles. The summed E-state index contributed by atoms with van der Waals surface area (Å²) in [5.41, 5.74) is 7.35. The van der Waals surface area contributed by atoms with Crippen LogP contribution in [0.25, 0.3) is 28.3 Å². The number of pyridine rings is 1. The largest absolute Gasteiger partial charge is 0.324 e. The molecule has 6 aromatic rings. The topological polar surface area (TPSA) is 87.5 Å². The molecule has 8 nitrogen and oxygen atoms in total. The first-order chi connectivity index (χ1) is 20.0. The Kier molecular flexibility index (Phi) is 7.21. The number of amides is 1. The Balaban J connectivity index is 1.36. The maximum atomic E-state index is 12.8. The Morgan fingerprint density at radius 1 is 0.829 bits per heavy atom. The molecule has 0 atom stereocenters. The van der Waals surface area contributed by atoms with Crippen molar-refractivity contribution in [1.29, 1.82) is 0 Å². The molecule has 0 aliphatic heterocycles. The van der Waals surface area contributed by atoms with Gasteiger partial charge in [0.2, 0.25) is 5.95 Å². The second-order valence-corrected chi connectivity index (χ2v) is 9.97. The number of carbonyl (C=O) groups excluding carboxylic acids is 1. The van der Waals surface area contributed by atoms with Gasteiger partial charge in [-0.25, -0.2) is 15.0 Å². The van der Waals surface area contributed by atoms with Gasteiger partial charge in [-0.3, -0.25) is 9.20 Å². The Labute approximate surface area is 238 Å². The Hall–Kier alpha value is -5.34. The summed E-state index contributed by atoms with van der Waals surface area (Å²) in [5.74, 6) is 0.323. The highest BCUT2D eigenvalue weighted by molar-refractivity contribution is 6.04. The molecule has 0 saturated carbocycles. The van der Waals surface area contributed by atoms with E-state index in [4.69, 9.17) is 9.97 Å². The van der Waals surface area contributed by atoms with Gasteiger partial charge in [0.05, 0.1) is 17.1 Å². The average Bonchev–Trinajstić information content (AvgIpc) is 3.38. The summed E-state index contributed by atoms with van der Waals surface area (Å²) in [6.45, 7) is 0.840. The Bertz CT molecular complexity index is 1830. The monoisotopic (exact) mass is 539 g/mol. The van der Waals surface area contributed by atoms with Crippen molar-refractivity contribution in [1.82, 2.24) is 24.3 Å². The van der Waals surface area contributed by atoms with Crippen LogP contribution in [0.1, 0.15) is 15.9 Å². The molecule has 6 rings (SSSR count). The molecular formula is C33H29N7O. The van der Waals surface area contributed by atoms with Crippen molar-refractivity contribution < 1.29 is 4.79 Å². The highest BCUT2D eigenvalue weighted by Gasteiger charge is 2.18. The van der Waals surface area contributed by atoms with Crippen molar-refractivity contribution in [2.45, 2.75) is 6.54 Å². The van der Waals surface area contributed by atoms with E-state index in [0.29, 0.717) is 17.2 Å². The first-order valence-electron chi connectivity index (χ1n) is 13.3. The average molecular weight is 540 g/mol. The van der Waals surface area contributed by atoms with E-state index >= 15 is 0 Å². The van der Waals surface area contributed by atoms with Gasteiger partial charge in [-0.1, -0.05) is 48.5 Å². The fourth-order valence-electron chi connectivity index (χ4n) is 4.77. The number of imidazole rings is 1. The third-order valence-corrected chi connectivity index (χ3v) is 6.54. The summed E-state index contributed by atoms with van der Waals surface area (Å²) in [4.78, 5) is 29.2. The zero-order chi connectivity index (χ0) is 28.2. The molecule has 0 aliphatic carbocycles. The fourth-order valence-corrected chi connectivity index (χ4v) is 4.77. The van der Waals surface area contributed by atoms with E-state index < -0.39 is 0 Å². The normalized spacial score (nSPS) is 11.1. The number of nitrogens with zero attached hydrogens (tertiary/aromatic N) is 5. The van der Waals surface area contributed by atoms with Crippen LogP contribution in [0.2, 0.25) is 0 Å². The number of fused-ring (bicyclic) bond motifs is 1. The summed E-state index contributed by atoms with van der Waals surface area (Å²) in [5, 5.41) is 6.36. The number of carbonyl (C=O) groups is 1. The summed E-state index contributed by atoms with van der Waals surface area (Å²) in [6, 6.07) is 32.9. The number of rotatable bonds is 8. The number of aromatic nitrogens is 4. The number of hydrogen-bond donors (Lipinski definition) is 2. The molecule has 8 heteroatoms. The molecule has 1 amide bonds. The van der Waals surface area contributed by atoms with Crippen LogP contribution in [0, 0.1) is 0 Å². The van der Waals surface area contributed by atoms with Gasteiger partial charge in [0.25, 0.3) is 5.91 Å². The predicted molar refractivity (Wildman–Crippen MR) is 163 cm³/mol. The van der Waals surface area contributed by atoms with Gasteiger partial charge in [0.15, 0.2) is 0 Å². The Morgan fingerprint density at radius 2 is 1.63 bits per heavy atom. The van der Waals surface area contributed by atoms with Gasteiger partial charge in [-0.15, -0.1) is 0 Å². The van der Waals surface area contributed by atoms with E-state index in [9.17, 15) is 4.79 Å². The SMILES string of the molecule is CN(C)Cc1cccc(Nc2nccc(-c3c(-c4cccc(NC(=O)c5ccccc5)c4)nc4ccccn34)n2)c1. The lowest BCUT2D eigenvalue weighted by Crippen LogP contribution is -2.11. The molecule has 0 fully saturated rings. The molecule has 202 valence electrons. The Morgan fingerprint density at radius 3 is 2.49 bits per heavy atom. The van der Waals surface area contributed by atoms with Crippen LogP contribution in [0.4, 0.5) is 17.3 Å². The van der Waals surface area contributed by atoms with Crippen LogP contribution in [0.15, 0.2) is 116 Å². The van der Waals surface area contributed by atoms with Gasteiger partial charge in [-0.05, 0) is 74.3 Å². The van der Waals surface area contributed by atoms with Crippen molar-refractivity contribution in [2.24, 2.45) is 0 Å². The standard InChI is InChI=1S/C33H29N7O/c1-39(2)22-23-10-8-14-26(20-23)36-33-34-18-17-28(37-33)31-30(38-29-16-6-7-19-40(29)31)25-13-9-15-27(21-25)35-32(41)24-11-4-3-5-12-24/h3-21H,22H2,1-2H3,(H,35,41)(H,34,36,37). The van der Waals surface area contributed by atoms with Gasteiger partial charge >= 0.3 is 0 Å². The van der Waals surface area contributed by atoms with Gasteiger partial charge in [0, 0.05) is 41.4 Å². The summed E-state index contributed by atoms with van der Waals surface area (Å²) < 4.78 is 2.02. The second kappa shape index (κ2) is 11.4. The molecule has 2 N–H and O–H groups in total. The van der Waals surface area contributed by atoms with Crippen molar-refractivity contribution in [3.05, 3.63) is 127 Å². The molecular weight excluding hydrogens is 510 g/mol. The lowest BCUT2D eigenvalue weighted by atomic mass is 10.1. The zero-order valence-corrected chi connectivity index (χ0v) is 22.8. The summed E-state index contributed by atoms with van der Waals surface area (Å²) in [7, 11) is 4.10. The molecule has 41 heavy (non-hydrogen) atoms. The first kappa shape index (κ1) is 25.9. The second-order valence-electron chi connectivity index (χ2n) is 9.97.